The molecular formula is C10H18OSn. The average Bonchev–Trinajstić information content (AvgIpc) is 2.41. The summed E-state index contributed by atoms with van der Waals surface area (Å²) in [5, 5.41) is 0. The zero-order valence-corrected chi connectivity index (χ0v) is 11.1. The van der Waals surface area contributed by atoms with Crippen molar-refractivity contribution in [3.8, 4) is 0 Å². The van der Waals surface area contributed by atoms with Crippen LogP contribution in [0.1, 0.15) is 19.3 Å². The van der Waals surface area contributed by atoms with Crippen LogP contribution in [0.25, 0.3) is 0 Å². The van der Waals surface area contributed by atoms with Gasteiger partial charge in [-0.25, -0.2) is 0 Å². The fraction of sp³-hybridized carbons (Fsp3) is 0.900. The van der Waals surface area contributed by atoms with E-state index >= 15 is 0 Å². The first-order valence-corrected chi connectivity index (χ1v) is 15.2. The van der Waals surface area contributed by atoms with Crippen LogP contribution in [-0.4, -0.2) is 24.2 Å². The Balaban J connectivity index is 2.17. The molecule has 2 heteroatoms. The van der Waals surface area contributed by atoms with Crippen molar-refractivity contribution in [1.29, 1.82) is 0 Å². The molecule has 2 aliphatic rings. The van der Waals surface area contributed by atoms with Crippen molar-refractivity contribution in [2.75, 3.05) is 0 Å². The van der Waals surface area contributed by atoms with E-state index in [1.54, 1.807) is 0 Å². The van der Waals surface area contributed by atoms with Crippen LogP contribution < -0.4 is 0 Å². The number of ketones is 1. The maximum atomic E-state index is 11.5. The van der Waals surface area contributed by atoms with Gasteiger partial charge in [-0.15, -0.1) is 0 Å². The molecule has 1 nitrogen and oxygen atoms in total. The summed E-state index contributed by atoms with van der Waals surface area (Å²) in [6.45, 7) is 0. The molecule has 0 spiro atoms. The van der Waals surface area contributed by atoms with Gasteiger partial charge in [0.25, 0.3) is 0 Å². The molecule has 0 aromatic rings. The van der Waals surface area contributed by atoms with Gasteiger partial charge in [-0.1, -0.05) is 0 Å². The van der Waals surface area contributed by atoms with Crippen molar-refractivity contribution in [2.24, 2.45) is 11.8 Å². The van der Waals surface area contributed by atoms with E-state index in [-0.39, 0.29) is 0 Å². The third kappa shape index (κ3) is 1.34. The Kier molecular flexibility index (Phi) is 2.05. The van der Waals surface area contributed by atoms with Gasteiger partial charge in [-0.05, 0) is 0 Å². The first kappa shape index (κ1) is 9.04. The van der Waals surface area contributed by atoms with Gasteiger partial charge >= 0.3 is 78.8 Å². The molecule has 0 aromatic carbocycles. The predicted molar refractivity (Wildman–Crippen MR) is 52.9 cm³/mol. The van der Waals surface area contributed by atoms with E-state index in [4.69, 9.17) is 0 Å². The van der Waals surface area contributed by atoms with E-state index in [1.165, 1.54) is 12.8 Å². The second-order valence-electron chi connectivity index (χ2n) is 5.59. The number of fused-ring (bicyclic) bond motifs is 2. The third-order valence-electron chi connectivity index (χ3n) is 3.68. The summed E-state index contributed by atoms with van der Waals surface area (Å²) in [6, 6.07) is 0. The fourth-order valence-electron chi connectivity index (χ4n) is 3.06. The van der Waals surface area contributed by atoms with Crippen molar-refractivity contribution < 1.29 is 4.79 Å². The first-order valence-electron chi connectivity index (χ1n) is 5.01. The van der Waals surface area contributed by atoms with Gasteiger partial charge in [0.05, 0.1) is 0 Å². The number of Topliss-reactive ketones (excluding diaryl/α,β-unsaturated/α-hetero) is 1. The third-order valence-corrected chi connectivity index (χ3v) is 11.8. The fourth-order valence-corrected chi connectivity index (χ4v) is 10.4. The molecule has 0 aromatic heterocycles. The van der Waals surface area contributed by atoms with E-state index in [0.29, 0.717) is 11.7 Å². The molecule has 2 saturated carbocycles. The van der Waals surface area contributed by atoms with Crippen LogP contribution in [0.2, 0.25) is 18.8 Å². The van der Waals surface area contributed by atoms with Crippen LogP contribution in [0.3, 0.4) is 0 Å². The van der Waals surface area contributed by atoms with Crippen LogP contribution in [0.5, 0.6) is 0 Å². The van der Waals surface area contributed by atoms with E-state index in [2.05, 4.69) is 14.8 Å². The summed E-state index contributed by atoms with van der Waals surface area (Å²) in [5.41, 5.74) is 0. The van der Waals surface area contributed by atoms with Crippen LogP contribution >= 0.6 is 0 Å². The topological polar surface area (TPSA) is 17.1 Å². The SMILES string of the molecule is [CH3][Sn]([CH3])([CH3])[C@H]1C[C@@H]2CC(=O)[C@H]1C2. The zero-order valence-electron chi connectivity index (χ0n) is 8.26. The number of rotatable bonds is 1. The molecule has 0 aliphatic heterocycles. The van der Waals surface area contributed by atoms with Crippen molar-refractivity contribution in [3.63, 3.8) is 0 Å². The van der Waals surface area contributed by atoms with Crippen molar-refractivity contribution >= 4 is 24.2 Å². The summed E-state index contributed by atoms with van der Waals surface area (Å²) >= 11 is -1.75. The van der Waals surface area contributed by atoms with Crippen molar-refractivity contribution in [1.82, 2.24) is 0 Å². The number of carbonyl (C=O) groups excluding carboxylic acids is 1. The minimum atomic E-state index is -1.75. The zero-order chi connectivity index (χ0) is 8.93. The maximum absolute atomic E-state index is 11.5. The molecule has 3 atom stereocenters. The molecule has 2 aliphatic carbocycles. The van der Waals surface area contributed by atoms with Crippen LogP contribution in [0, 0.1) is 11.8 Å². The molecule has 68 valence electrons. The standard InChI is InChI=1S/C7H9O.3CH3.Sn/c8-7-4-5-1-2-6(7)3-5;;;;/h2,5-6H,1,3-4H2;3*1H3;/t5-,6+;;;;/m0..../s1. The van der Waals surface area contributed by atoms with E-state index < -0.39 is 18.4 Å². The molecule has 0 heterocycles. The summed E-state index contributed by atoms with van der Waals surface area (Å²) in [7, 11) is 0. The minimum absolute atomic E-state index is 0.519. The summed E-state index contributed by atoms with van der Waals surface area (Å²) in [6.07, 6.45) is 3.57. The number of hydrogen-bond acceptors (Lipinski definition) is 1. The molecule has 0 amide bonds. The van der Waals surface area contributed by atoms with E-state index in [1.807, 2.05) is 0 Å². The summed E-state index contributed by atoms with van der Waals surface area (Å²) < 4.78 is 0.880. The molecule has 2 bridgehead atoms. The van der Waals surface area contributed by atoms with Crippen molar-refractivity contribution in [3.05, 3.63) is 0 Å². The van der Waals surface area contributed by atoms with Gasteiger partial charge in [0.2, 0.25) is 0 Å². The van der Waals surface area contributed by atoms with Gasteiger partial charge < -0.3 is 0 Å². The second kappa shape index (κ2) is 2.73. The Morgan fingerprint density at radius 1 is 1.25 bits per heavy atom. The molecule has 0 radical (unpaired) electrons. The predicted octanol–water partition coefficient (Wildman–Crippen LogP) is 2.69. The van der Waals surface area contributed by atoms with Gasteiger partial charge in [0.15, 0.2) is 0 Å². The first-order chi connectivity index (χ1) is 5.48. The van der Waals surface area contributed by atoms with Gasteiger partial charge in [-0.3, -0.25) is 0 Å². The van der Waals surface area contributed by atoms with Crippen molar-refractivity contribution in [2.45, 2.75) is 38.0 Å². The van der Waals surface area contributed by atoms with Gasteiger partial charge in [0, 0.05) is 0 Å². The Labute approximate surface area is 78.8 Å². The Morgan fingerprint density at radius 2 is 1.92 bits per heavy atom. The second-order valence-corrected chi connectivity index (χ2v) is 21.2. The monoisotopic (exact) mass is 274 g/mol. The van der Waals surface area contributed by atoms with Crippen LogP contribution in [0.15, 0.2) is 0 Å². The van der Waals surface area contributed by atoms with E-state index in [9.17, 15) is 4.79 Å². The summed E-state index contributed by atoms with van der Waals surface area (Å²) in [4.78, 5) is 19.0. The molecule has 2 fully saturated rings. The number of carbonyl (C=O) groups is 1. The molecular weight excluding hydrogens is 255 g/mol. The quantitative estimate of drug-likeness (QED) is 0.671. The molecule has 0 unspecified atom stereocenters. The Bertz CT molecular complexity index is 216. The molecule has 0 saturated heterocycles. The Morgan fingerprint density at radius 3 is 2.25 bits per heavy atom. The number of hydrogen-bond donors (Lipinski definition) is 0. The van der Waals surface area contributed by atoms with Crippen LogP contribution in [0.4, 0.5) is 0 Å². The average molecular weight is 273 g/mol. The van der Waals surface area contributed by atoms with Crippen LogP contribution in [-0.2, 0) is 4.79 Å². The Hall–Kier alpha value is 0.469. The molecule has 12 heavy (non-hydrogen) atoms. The molecule has 2 rings (SSSR count). The molecule has 0 N–H and O–H groups in total. The van der Waals surface area contributed by atoms with Gasteiger partial charge in [-0.2, -0.15) is 0 Å². The summed E-state index contributed by atoms with van der Waals surface area (Å²) in [5.74, 6) is 1.91. The van der Waals surface area contributed by atoms with E-state index in [0.717, 1.165) is 16.3 Å². The van der Waals surface area contributed by atoms with Gasteiger partial charge in [0.1, 0.15) is 0 Å². The normalized spacial score (nSPS) is 40.9.